The zero-order chi connectivity index (χ0) is 14.3. The van der Waals surface area contributed by atoms with Crippen molar-refractivity contribution in [2.75, 3.05) is 24.3 Å². The molecule has 0 heterocycles. The van der Waals surface area contributed by atoms with Gasteiger partial charge < -0.3 is 5.73 Å². The van der Waals surface area contributed by atoms with Gasteiger partial charge in [-0.25, -0.2) is 13.1 Å². The highest BCUT2D eigenvalue weighted by Gasteiger charge is 2.16. The molecule has 0 aliphatic heterocycles. The second kappa shape index (κ2) is 8.14. The molecule has 7 heteroatoms. The smallest absolute Gasteiger partial charge is 0.241 e. The number of nitrogen functional groups attached to an aromatic ring is 1. The average molecular weight is 367 g/mol. The van der Waals surface area contributed by atoms with Crippen LogP contribution < -0.4 is 10.5 Å². The molecule has 0 saturated carbocycles. The first kappa shape index (κ1) is 16.8. The first-order chi connectivity index (χ1) is 8.97. The summed E-state index contributed by atoms with van der Waals surface area (Å²) >= 11 is 5.03. The predicted octanol–water partition coefficient (Wildman–Crippen LogP) is 2.84. The quantitative estimate of drug-likeness (QED) is 0.548. The highest BCUT2D eigenvalue weighted by atomic mass is 79.9. The van der Waals surface area contributed by atoms with Crippen LogP contribution in [0.1, 0.15) is 19.3 Å². The van der Waals surface area contributed by atoms with Gasteiger partial charge in [0, 0.05) is 16.7 Å². The van der Waals surface area contributed by atoms with E-state index in [1.807, 2.05) is 11.8 Å². The Morgan fingerprint density at radius 2 is 2.05 bits per heavy atom. The lowest BCUT2D eigenvalue weighted by Crippen LogP contribution is -2.25. The maximum absolute atomic E-state index is 12.1. The van der Waals surface area contributed by atoms with Crippen LogP contribution in [0.4, 0.5) is 5.69 Å². The maximum atomic E-state index is 12.1. The molecular weight excluding hydrogens is 348 g/mol. The van der Waals surface area contributed by atoms with Crippen molar-refractivity contribution < 1.29 is 8.42 Å². The molecule has 0 amide bonds. The minimum Gasteiger partial charge on any atom is -0.399 e. The van der Waals surface area contributed by atoms with Crippen molar-refractivity contribution in [3.8, 4) is 0 Å². The normalized spacial score (nSPS) is 11.7. The summed E-state index contributed by atoms with van der Waals surface area (Å²) in [6, 6.07) is 4.68. The number of halogens is 1. The zero-order valence-corrected chi connectivity index (χ0v) is 14.1. The van der Waals surface area contributed by atoms with Gasteiger partial charge in [-0.15, -0.1) is 0 Å². The summed E-state index contributed by atoms with van der Waals surface area (Å²) in [5, 5.41) is 0. The number of hydrogen-bond donors (Lipinski definition) is 2. The van der Waals surface area contributed by atoms with E-state index in [0.29, 0.717) is 16.7 Å². The van der Waals surface area contributed by atoms with Crippen LogP contribution >= 0.6 is 27.7 Å². The molecule has 0 saturated heterocycles. The lowest BCUT2D eigenvalue weighted by atomic mass is 10.2. The molecular formula is C12H19BrN2O2S2. The number of nitrogens with one attached hydrogen (secondary N) is 1. The molecule has 0 fully saturated rings. The van der Waals surface area contributed by atoms with Crippen LogP contribution in [-0.2, 0) is 10.0 Å². The van der Waals surface area contributed by atoms with Gasteiger partial charge in [-0.1, -0.05) is 6.42 Å². The number of nitrogens with two attached hydrogens (primary N) is 1. The first-order valence-corrected chi connectivity index (χ1v) is 9.68. The molecule has 0 unspecified atom stereocenters. The molecule has 1 rings (SSSR count). The Hall–Kier alpha value is -0.240. The summed E-state index contributed by atoms with van der Waals surface area (Å²) in [5.41, 5.74) is 6.12. The number of sulfonamides is 1. The van der Waals surface area contributed by atoms with Gasteiger partial charge in [0.05, 0.1) is 4.90 Å². The van der Waals surface area contributed by atoms with E-state index in [-0.39, 0.29) is 4.90 Å². The summed E-state index contributed by atoms with van der Waals surface area (Å²) in [5.74, 6) is 1.12. The summed E-state index contributed by atoms with van der Waals surface area (Å²) in [4.78, 5) is 0.228. The van der Waals surface area contributed by atoms with Gasteiger partial charge in [0.25, 0.3) is 0 Å². The molecule has 0 atom stereocenters. The van der Waals surface area contributed by atoms with Gasteiger partial charge in [0.1, 0.15) is 0 Å². The van der Waals surface area contributed by atoms with E-state index >= 15 is 0 Å². The monoisotopic (exact) mass is 366 g/mol. The van der Waals surface area contributed by atoms with Crippen LogP contribution in [0.3, 0.4) is 0 Å². The third-order valence-corrected chi connectivity index (χ3v) is 5.70. The second-order valence-electron chi connectivity index (χ2n) is 4.14. The minimum absolute atomic E-state index is 0.228. The summed E-state index contributed by atoms with van der Waals surface area (Å²) in [6.45, 7) is 0.466. The summed E-state index contributed by atoms with van der Waals surface area (Å²) in [7, 11) is -3.46. The number of rotatable bonds is 8. The van der Waals surface area contributed by atoms with Crippen molar-refractivity contribution in [2.24, 2.45) is 0 Å². The van der Waals surface area contributed by atoms with Gasteiger partial charge >= 0.3 is 0 Å². The van der Waals surface area contributed by atoms with Gasteiger partial charge in [-0.2, -0.15) is 11.8 Å². The van der Waals surface area contributed by atoms with Crippen LogP contribution in [-0.4, -0.2) is 27.0 Å². The van der Waals surface area contributed by atoms with E-state index in [4.69, 9.17) is 5.73 Å². The molecule has 1 aromatic carbocycles. The number of thioether (sulfide) groups is 1. The third kappa shape index (κ3) is 5.72. The van der Waals surface area contributed by atoms with E-state index in [9.17, 15) is 8.42 Å². The number of hydrogen-bond acceptors (Lipinski definition) is 4. The highest BCUT2D eigenvalue weighted by Crippen LogP contribution is 2.24. The van der Waals surface area contributed by atoms with Crippen LogP contribution in [0, 0.1) is 0 Å². The van der Waals surface area contributed by atoms with E-state index < -0.39 is 10.0 Å². The van der Waals surface area contributed by atoms with Crippen molar-refractivity contribution in [1.29, 1.82) is 0 Å². The van der Waals surface area contributed by atoms with E-state index in [1.54, 1.807) is 12.1 Å². The van der Waals surface area contributed by atoms with E-state index in [0.717, 1.165) is 25.0 Å². The van der Waals surface area contributed by atoms with Gasteiger partial charge in [-0.3, -0.25) is 0 Å². The highest BCUT2D eigenvalue weighted by molar-refractivity contribution is 9.10. The molecule has 1 aromatic rings. The second-order valence-corrected chi connectivity index (χ2v) is 7.72. The molecule has 0 radical (unpaired) electrons. The maximum Gasteiger partial charge on any atom is 0.241 e. The van der Waals surface area contributed by atoms with Crippen molar-refractivity contribution >= 4 is 43.4 Å². The van der Waals surface area contributed by atoms with Crippen LogP contribution in [0.25, 0.3) is 0 Å². The topological polar surface area (TPSA) is 72.2 Å². The Labute approximate surface area is 127 Å². The van der Waals surface area contributed by atoms with Crippen LogP contribution in [0.5, 0.6) is 0 Å². The fourth-order valence-corrected chi connectivity index (χ4v) is 4.23. The van der Waals surface area contributed by atoms with Crippen molar-refractivity contribution in [3.05, 3.63) is 22.7 Å². The predicted molar refractivity (Wildman–Crippen MR) is 86.0 cm³/mol. The molecule has 0 aromatic heterocycles. The molecule has 3 N–H and O–H groups in total. The Bertz CT molecular complexity index is 506. The fourth-order valence-electron chi connectivity index (χ4n) is 1.57. The fraction of sp³-hybridized carbons (Fsp3) is 0.500. The van der Waals surface area contributed by atoms with Crippen molar-refractivity contribution in [2.45, 2.75) is 24.2 Å². The molecule has 0 aliphatic carbocycles. The number of benzene rings is 1. The molecule has 0 aliphatic rings. The third-order valence-electron chi connectivity index (χ3n) is 2.56. The van der Waals surface area contributed by atoms with Crippen molar-refractivity contribution in [1.82, 2.24) is 4.72 Å². The molecule has 108 valence electrons. The molecule has 19 heavy (non-hydrogen) atoms. The molecule has 4 nitrogen and oxygen atoms in total. The molecule has 0 spiro atoms. The number of anilines is 1. The Morgan fingerprint density at radius 3 is 2.68 bits per heavy atom. The summed E-state index contributed by atoms with van der Waals surface area (Å²) in [6.07, 6.45) is 5.08. The van der Waals surface area contributed by atoms with Gasteiger partial charge in [0.2, 0.25) is 10.0 Å². The van der Waals surface area contributed by atoms with E-state index in [2.05, 4.69) is 26.9 Å². The number of unbranched alkanes of at least 4 members (excludes halogenated alkanes) is 2. The molecule has 0 bridgehead atoms. The Kier molecular flexibility index (Phi) is 7.20. The largest absolute Gasteiger partial charge is 0.399 e. The van der Waals surface area contributed by atoms with Crippen LogP contribution in [0.15, 0.2) is 27.6 Å². The Morgan fingerprint density at radius 1 is 1.32 bits per heavy atom. The van der Waals surface area contributed by atoms with Gasteiger partial charge in [-0.05, 0) is 59.0 Å². The lowest BCUT2D eigenvalue weighted by molar-refractivity contribution is 0.576. The van der Waals surface area contributed by atoms with Crippen molar-refractivity contribution in [3.63, 3.8) is 0 Å². The minimum atomic E-state index is -3.46. The van der Waals surface area contributed by atoms with Crippen LogP contribution in [0.2, 0.25) is 0 Å². The average Bonchev–Trinajstić information content (AvgIpc) is 2.33. The SMILES string of the molecule is CSCCCCCNS(=O)(=O)c1ccc(N)cc1Br. The van der Waals surface area contributed by atoms with Gasteiger partial charge in [0.15, 0.2) is 0 Å². The lowest BCUT2D eigenvalue weighted by Gasteiger charge is -2.09. The Balaban J connectivity index is 2.52. The van der Waals surface area contributed by atoms with E-state index in [1.165, 1.54) is 6.07 Å². The summed E-state index contributed by atoms with van der Waals surface area (Å²) < 4.78 is 27.2. The standard InChI is InChI=1S/C12H19BrN2O2S2/c1-18-8-4-2-3-7-15-19(16,17)12-6-5-10(14)9-11(12)13/h5-6,9,15H,2-4,7-8,14H2,1H3. The zero-order valence-electron chi connectivity index (χ0n) is 10.9. The first-order valence-electron chi connectivity index (χ1n) is 6.01.